The maximum Gasteiger partial charge on any atom is 0.307 e. The number of anilines is 1. The van der Waals surface area contributed by atoms with Gasteiger partial charge in [0.05, 0.1) is 24.6 Å². The van der Waals surface area contributed by atoms with Crippen LogP contribution >= 0.6 is 0 Å². The number of ether oxygens (including phenoxy) is 1. The maximum absolute atomic E-state index is 13.1. The van der Waals surface area contributed by atoms with Gasteiger partial charge in [0, 0.05) is 6.07 Å². The zero-order valence-electron chi connectivity index (χ0n) is 11.8. The molecule has 0 aliphatic heterocycles. The smallest absolute Gasteiger partial charge is 0.307 e. The highest BCUT2D eigenvalue weighted by molar-refractivity contribution is 5.96. The van der Waals surface area contributed by atoms with Crippen LogP contribution in [-0.2, 0) is 9.59 Å². The van der Waals surface area contributed by atoms with Gasteiger partial charge in [-0.3, -0.25) is 9.59 Å². The van der Waals surface area contributed by atoms with Gasteiger partial charge in [0.25, 0.3) is 0 Å². The predicted molar refractivity (Wildman–Crippen MR) is 74.7 cm³/mol. The Labute approximate surface area is 122 Å². The van der Waals surface area contributed by atoms with E-state index in [4.69, 9.17) is 4.74 Å². The second-order valence-corrected chi connectivity index (χ2v) is 5.17. The Bertz CT molecular complexity index is 546. The van der Waals surface area contributed by atoms with Gasteiger partial charge in [0.1, 0.15) is 11.6 Å². The average Bonchev–Trinajstić information content (AvgIpc) is 2.48. The SMILES string of the molecule is COc1cc(F)ccc1NC(=O)[C@@H]1CCCC[C@@H]1C(=O)O. The van der Waals surface area contributed by atoms with Crippen molar-refractivity contribution in [2.45, 2.75) is 25.7 Å². The third-order valence-corrected chi connectivity index (χ3v) is 3.84. The van der Waals surface area contributed by atoms with Gasteiger partial charge >= 0.3 is 5.97 Å². The quantitative estimate of drug-likeness (QED) is 0.895. The summed E-state index contributed by atoms with van der Waals surface area (Å²) >= 11 is 0. The fourth-order valence-electron chi connectivity index (χ4n) is 2.73. The molecule has 1 saturated carbocycles. The Kier molecular flexibility index (Phi) is 4.77. The summed E-state index contributed by atoms with van der Waals surface area (Å²) in [5.41, 5.74) is 0.346. The normalized spacial score (nSPS) is 21.6. The van der Waals surface area contributed by atoms with Crippen LogP contribution in [0.15, 0.2) is 18.2 Å². The molecule has 0 aromatic heterocycles. The molecule has 0 unspecified atom stereocenters. The molecule has 1 aliphatic carbocycles. The number of methoxy groups -OCH3 is 1. The molecule has 1 fully saturated rings. The molecule has 0 saturated heterocycles. The summed E-state index contributed by atoms with van der Waals surface area (Å²) in [6, 6.07) is 3.80. The number of carboxylic acids is 1. The standard InChI is InChI=1S/C15H18FNO4/c1-21-13-8-9(16)6-7-12(13)17-14(18)10-4-2-3-5-11(10)15(19)20/h6-8,10-11H,2-5H2,1H3,(H,17,18)(H,19,20)/t10-,11+/m1/s1. The molecule has 0 heterocycles. The summed E-state index contributed by atoms with van der Waals surface area (Å²) in [7, 11) is 1.38. The number of carbonyl (C=O) groups excluding carboxylic acids is 1. The number of carboxylic acid groups (broad SMARTS) is 1. The lowest BCUT2D eigenvalue weighted by molar-refractivity contribution is -0.147. The molecule has 1 aromatic rings. The van der Waals surface area contributed by atoms with Crippen molar-refractivity contribution >= 4 is 17.6 Å². The van der Waals surface area contributed by atoms with Gasteiger partial charge < -0.3 is 15.2 Å². The summed E-state index contributed by atoms with van der Waals surface area (Å²) in [6.07, 6.45) is 2.71. The number of hydrogen-bond donors (Lipinski definition) is 2. The van der Waals surface area contributed by atoms with Gasteiger partial charge in [-0.25, -0.2) is 4.39 Å². The molecule has 2 rings (SSSR count). The van der Waals surface area contributed by atoms with E-state index in [2.05, 4.69) is 5.32 Å². The van der Waals surface area contributed by atoms with E-state index in [0.29, 0.717) is 18.5 Å². The van der Waals surface area contributed by atoms with E-state index in [1.54, 1.807) is 0 Å². The molecule has 0 radical (unpaired) electrons. The van der Waals surface area contributed by atoms with E-state index in [1.807, 2.05) is 0 Å². The Morgan fingerprint density at radius 1 is 1.29 bits per heavy atom. The highest BCUT2D eigenvalue weighted by Crippen LogP contribution is 2.32. The highest BCUT2D eigenvalue weighted by Gasteiger charge is 2.35. The van der Waals surface area contributed by atoms with Crippen molar-refractivity contribution in [2.75, 3.05) is 12.4 Å². The summed E-state index contributed by atoms with van der Waals surface area (Å²) in [4.78, 5) is 23.5. The molecule has 0 bridgehead atoms. The van der Waals surface area contributed by atoms with Crippen LogP contribution in [-0.4, -0.2) is 24.1 Å². The number of carbonyl (C=O) groups is 2. The van der Waals surface area contributed by atoms with Gasteiger partial charge in [0.15, 0.2) is 0 Å². The van der Waals surface area contributed by atoms with Gasteiger partial charge in [0.2, 0.25) is 5.91 Å². The second-order valence-electron chi connectivity index (χ2n) is 5.17. The molecule has 1 amide bonds. The highest BCUT2D eigenvalue weighted by atomic mass is 19.1. The summed E-state index contributed by atoms with van der Waals surface area (Å²) in [5.74, 6) is -2.78. The van der Waals surface area contributed by atoms with Crippen LogP contribution in [0.1, 0.15) is 25.7 Å². The minimum atomic E-state index is -0.944. The van der Waals surface area contributed by atoms with Crippen molar-refractivity contribution in [1.29, 1.82) is 0 Å². The number of rotatable bonds is 4. The zero-order chi connectivity index (χ0) is 15.4. The minimum Gasteiger partial charge on any atom is -0.494 e. The lowest BCUT2D eigenvalue weighted by atomic mass is 9.78. The van der Waals surface area contributed by atoms with Crippen LogP contribution in [0.25, 0.3) is 0 Å². The van der Waals surface area contributed by atoms with E-state index in [1.165, 1.54) is 25.3 Å². The number of benzene rings is 1. The van der Waals surface area contributed by atoms with Crippen LogP contribution in [0.5, 0.6) is 5.75 Å². The predicted octanol–water partition coefficient (Wildman–Crippen LogP) is 2.66. The number of halogens is 1. The molecular formula is C15H18FNO4. The van der Waals surface area contributed by atoms with E-state index in [-0.39, 0.29) is 11.7 Å². The van der Waals surface area contributed by atoms with Gasteiger partial charge in [-0.05, 0) is 25.0 Å². The maximum atomic E-state index is 13.1. The first-order valence-electron chi connectivity index (χ1n) is 6.90. The molecule has 1 aromatic carbocycles. The van der Waals surface area contributed by atoms with Crippen molar-refractivity contribution in [2.24, 2.45) is 11.8 Å². The van der Waals surface area contributed by atoms with Gasteiger partial charge in [-0.2, -0.15) is 0 Å². The van der Waals surface area contributed by atoms with Crippen molar-refractivity contribution < 1.29 is 23.8 Å². The van der Waals surface area contributed by atoms with E-state index in [0.717, 1.165) is 12.8 Å². The molecule has 2 N–H and O–H groups in total. The lowest BCUT2D eigenvalue weighted by Crippen LogP contribution is -2.36. The van der Waals surface area contributed by atoms with Crippen LogP contribution in [0.2, 0.25) is 0 Å². The van der Waals surface area contributed by atoms with Crippen molar-refractivity contribution in [3.63, 3.8) is 0 Å². The Morgan fingerprint density at radius 3 is 2.57 bits per heavy atom. The Morgan fingerprint density at radius 2 is 1.95 bits per heavy atom. The Hall–Kier alpha value is -2.11. The van der Waals surface area contributed by atoms with Gasteiger partial charge in [-0.15, -0.1) is 0 Å². The van der Waals surface area contributed by atoms with Crippen LogP contribution in [0.3, 0.4) is 0 Å². The van der Waals surface area contributed by atoms with Crippen molar-refractivity contribution in [3.05, 3.63) is 24.0 Å². The third-order valence-electron chi connectivity index (χ3n) is 3.84. The number of nitrogens with one attached hydrogen (secondary N) is 1. The molecule has 21 heavy (non-hydrogen) atoms. The lowest BCUT2D eigenvalue weighted by Gasteiger charge is -2.27. The third kappa shape index (κ3) is 3.51. The first-order valence-corrected chi connectivity index (χ1v) is 6.90. The fourth-order valence-corrected chi connectivity index (χ4v) is 2.73. The molecule has 0 spiro atoms. The summed E-state index contributed by atoms with van der Waals surface area (Å²) in [5, 5.41) is 11.9. The summed E-state index contributed by atoms with van der Waals surface area (Å²) in [6.45, 7) is 0. The summed E-state index contributed by atoms with van der Waals surface area (Å²) < 4.78 is 18.1. The van der Waals surface area contributed by atoms with E-state index < -0.39 is 23.6 Å². The topological polar surface area (TPSA) is 75.6 Å². The second kappa shape index (κ2) is 6.56. The largest absolute Gasteiger partial charge is 0.494 e. The first-order chi connectivity index (χ1) is 10.0. The van der Waals surface area contributed by atoms with Crippen LogP contribution in [0.4, 0.5) is 10.1 Å². The number of hydrogen-bond acceptors (Lipinski definition) is 3. The molecule has 6 heteroatoms. The van der Waals surface area contributed by atoms with Crippen molar-refractivity contribution in [1.82, 2.24) is 0 Å². The van der Waals surface area contributed by atoms with Crippen molar-refractivity contribution in [3.8, 4) is 5.75 Å². The molecule has 114 valence electrons. The molecular weight excluding hydrogens is 277 g/mol. The number of amides is 1. The average molecular weight is 295 g/mol. The zero-order valence-corrected chi connectivity index (χ0v) is 11.8. The molecule has 1 aliphatic rings. The van der Waals surface area contributed by atoms with Gasteiger partial charge in [-0.1, -0.05) is 12.8 Å². The fraction of sp³-hybridized carbons (Fsp3) is 0.467. The minimum absolute atomic E-state index is 0.214. The van der Waals surface area contributed by atoms with Crippen LogP contribution in [0, 0.1) is 17.7 Å². The molecule has 5 nitrogen and oxygen atoms in total. The van der Waals surface area contributed by atoms with E-state index >= 15 is 0 Å². The van der Waals surface area contributed by atoms with Crippen LogP contribution < -0.4 is 10.1 Å². The molecule has 2 atom stereocenters. The number of aliphatic carboxylic acids is 1. The Balaban J connectivity index is 2.15. The monoisotopic (exact) mass is 295 g/mol. The van der Waals surface area contributed by atoms with E-state index in [9.17, 15) is 19.1 Å². The first kappa shape index (κ1) is 15.3.